The summed E-state index contributed by atoms with van der Waals surface area (Å²) in [5.41, 5.74) is 7.83. The molecule has 6 heteroatoms. The van der Waals surface area contributed by atoms with Gasteiger partial charge in [-0.2, -0.15) is 0 Å². The van der Waals surface area contributed by atoms with Gasteiger partial charge in [-0.1, -0.05) is 29.8 Å². The zero-order valence-corrected chi connectivity index (χ0v) is 12.5. The van der Waals surface area contributed by atoms with E-state index in [0.717, 1.165) is 11.1 Å². The summed E-state index contributed by atoms with van der Waals surface area (Å²) in [6.07, 6.45) is 0. The Kier molecular flexibility index (Phi) is 4.32. The second-order valence-electron chi connectivity index (χ2n) is 4.47. The maximum absolute atomic E-state index is 12.2. The predicted octanol–water partition coefficient (Wildman–Crippen LogP) is 2.71. The molecule has 0 saturated heterocycles. The quantitative estimate of drug-likeness (QED) is 0.853. The van der Waals surface area contributed by atoms with Crippen LogP contribution in [0.3, 0.4) is 0 Å². The number of nitrogens with two attached hydrogens (primary N) is 1. The third kappa shape index (κ3) is 3.50. The van der Waals surface area contributed by atoms with E-state index in [0.29, 0.717) is 10.7 Å². The molecule has 2 rings (SSSR count). The first-order valence-electron chi connectivity index (χ1n) is 5.99. The Morgan fingerprint density at radius 2 is 1.95 bits per heavy atom. The van der Waals surface area contributed by atoms with Crippen LogP contribution in [0.1, 0.15) is 11.1 Å². The van der Waals surface area contributed by atoms with E-state index in [1.54, 1.807) is 30.3 Å². The van der Waals surface area contributed by atoms with Crippen molar-refractivity contribution in [1.29, 1.82) is 0 Å². The van der Waals surface area contributed by atoms with Gasteiger partial charge < -0.3 is 5.73 Å². The summed E-state index contributed by atoms with van der Waals surface area (Å²) in [5.74, 6) is 0. The molecule has 3 N–H and O–H groups in total. The molecule has 0 amide bonds. The van der Waals surface area contributed by atoms with E-state index in [1.165, 1.54) is 12.1 Å². The fraction of sp³-hybridized carbons (Fsp3) is 0.143. The number of nitrogens with one attached hydrogen (secondary N) is 1. The normalized spacial score (nSPS) is 11.5. The van der Waals surface area contributed by atoms with Gasteiger partial charge in [0.05, 0.1) is 4.90 Å². The molecule has 0 fully saturated rings. The Hall–Kier alpha value is -1.56. The third-order valence-electron chi connectivity index (χ3n) is 2.92. The van der Waals surface area contributed by atoms with E-state index in [-0.39, 0.29) is 11.4 Å². The fourth-order valence-corrected chi connectivity index (χ4v) is 2.96. The highest BCUT2D eigenvalue weighted by Gasteiger charge is 2.14. The first kappa shape index (κ1) is 14.8. The summed E-state index contributed by atoms with van der Waals surface area (Å²) in [6, 6.07) is 11.7. The van der Waals surface area contributed by atoms with Crippen LogP contribution in [0.15, 0.2) is 47.4 Å². The van der Waals surface area contributed by atoms with Gasteiger partial charge in [0.2, 0.25) is 10.0 Å². The molecule has 0 atom stereocenters. The summed E-state index contributed by atoms with van der Waals surface area (Å²) in [7, 11) is -3.58. The molecule has 20 heavy (non-hydrogen) atoms. The van der Waals surface area contributed by atoms with Gasteiger partial charge in [-0.15, -0.1) is 0 Å². The number of hydrogen-bond acceptors (Lipinski definition) is 3. The van der Waals surface area contributed by atoms with Gasteiger partial charge in [0.25, 0.3) is 0 Å². The number of rotatable bonds is 4. The molecule has 0 bridgehead atoms. The molecule has 106 valence electrons. The Morgan fingerprint density at radius 3 is 2.60 bits per heavy atom. The average molecular weight is 311 g/mol. The van der Waals surface area contributed by atoms with E-state index in [4.69, 9.17) is 17.3 Å². The fourth-order valence-electron chi connectivity index (χ4n) is 1.69. The second-order valence-corrected chi connectivity index (χ2v) is 6.68. The van der Waals surface area contributed by atoms with Crippen molar-refractivity contribution in [3.63, 3.8) is 0 Å². The number of hydrogen-bond donors (Lipinski definition) is 2. The maximum atomic E-state index is 12.2. The number of benzene rings is 2. The van der Waals surface area contributed by atoms with Gasteiger partial charge in [0.15, 0.2) is 0 Å². The highest BCUT2D eigenvalue weighted by atomic mass is 35.5. The van der Waals surface area contributed by atoms with E-state index >= 15 is 0 Å². The minimum absolute atomic E-state index is 0.155. The Balaban J connectivity index is 2.17. The maximum Gasteiger partial charge on any atom is 0.240 e. The van der Waals surface area contributed by atoms with Crippen LogP contribution in [0.5, 0.6) is 0 Å². The molecule has 2 aromatic rings. The molecule has 4 nitrogen and oxygen atoms in total. The molecule has 0 unspecified atom stereocenters. The standard InChI is InChI=1S/C14H15ClN2O2S/c1-10-5-6-13(8-14(10)16)20(18,19)17-9-11-3-2-4-12(15)7-11/h2-8,17H,9,16H2,1H3. The first-order chi connectivity index (χ1) is 9.38. The van der Waals surface area contributed by atoms with Crippen molar-refractivity contribution in [2.75, 3.05) is 5.73 Å². The largest absolute Gasteiger partial charge is 0.398 e. The Labute approximate surface area is 123 Å². The summed E-state index contributed by atoms with van der Waals surface area (Å²) < 4.78 is 26.8. The monoisotopic (exact) mass is 310 g/mol. The SMILES string of the molecule is Cc1ccc(S(=O)(=O)NCc2cccc(Cl)c2)cc1N. The minimum atomic E-state index is -3.58. The number of anilines is 1. The van der Waals surface area contributed by atoms with Crippen molar-refractivity contribution in [3.05, 3.63) is 58.6 Å². The van der Waals surface area contributed by atoms with Gasteiger partial charge in [-0.3, -0.25) is 0 Å². The van der Waals surface area contributed by atoms with Crippen LogP contribution in [0, 0.1) is 6.92 Å². The number of aryl methyl sites for hydroxylation is 1. The van der Waals surface area contributed by atoms with Crippen molar-refractivity contribution in [3.8, 4) is 0 Å². The molecule has 0 radical (unpaired) electrons. The molecule has 0 aliphatic heterocycles. The lowest BCUT2D eigenvalue weighted by Gasteiger charge is -2.09. The van der Waals surface area contributed by atoms with Gasteiger partial charge in [0, 0.05) is 17.3 Å². The third-order valence-corrected chi connectivity index (χ3v) is 4.55. The molecule has 0 heterocycles. The number of halogens is 1. The van der Waals surface area contributed by atoms with Gasteiger partial charge in [-0.25, -0.2) is 13.1 Å². The number of nitrogen functional groups attached to an aromatic ring is 1. The van der Waals surface area contributed by atoms with Gasteiger partial charge >= 0.3 is 0 Å². The highest BCUT2D eigenvalue weighted by Crippen LogP contribution is 2.17. The van der Waals surface area contributed by atoms with Crippen LogP contribution in [-0.2, 0) is 16.6 Å². The smallest absolute Gasteiger partial charge is 0.240 e. The lowest BCUT2D eigenvalue weighted by atomic mass is 10.2. The van der Waals surface area contributed by atoms with Crippen LogP contribution in [0.25, 0.3) is 0 Å². The van der Waals surface area contributed by atoms with Crippen molar-refractivity contribution in [2.24, 2.45) is 0 Å². The van der Waals surface area contributed by atoms with Gasteiger partial charge in [-0.05, 0) is 42.3 Å². The summed E-state index contributed by atoms with van der Waals surface area (Å²) in [5, 5.41) is 0.571. The second kappa shape index (κ2) is 5.83. The van der Waals surface area contributed by atoms with E-state index < -0.39 is 10.0 Å². The van der Waals surface area contributed by atoms with Crippen molar-refractivity contribution in [1.82, 2.24) is 4.72 Å². The lowest BCUT2D eigenvalue weighted by molar-refractivity contribution is 0.581. The van der Waals surface area contributed by atoms with Crippen molar-refractivity contribution < 1.29 is 8.42 Å². The highest BCUT2D eigenvalue weighted by molar-refractivity contribution is 7.89. The van der Waals surface area contributed by atoms with Crippen LogP contribution in [0.4, 0.5) is 5.69 Å². The van der Waals surface area contributed by atoms with Crippen molar-refractivity contribution >= 4 is 27.3 Å². The van der Waals surface area contributed by atoms with E-state index in [1.807, 2.05) is 6.92 Å². The molecule has 0 aromatic heterocycles. The molecule has 2 aromatic carbocycles. The summed E-state index contributed by atoms with van der Waals surface area (Å²) in [6.45, 7) is 2.00. The topological polar surface area (TPSA) is 72.2 Å². The molecular weight excluding hydrogens is 296 g/mol. The van der Waals surface area contributed by atoms with Crippen LogP contribution < -0.4 is 10.5 Å². The Morgan fingerprint density at radius 1 is 1.20 bits per heavy atom. The molecule has 0 aliphatic carbocycles. The predicted molar refractivity (Wildman–Crippen MR) is 81.1 cm³/mol. The first-order valence-corrected chi connectivity index (χ1v) is 7.85. The molecule has 0 spiro atoms. The average Bonchev–Trinajstić information content (AvgIpc) is 2.40. The van der Waals surface area contributed by atoms with E-state index in [2.05, 4.69) is 4.72 Å². The van der Waals surface area contributed by atoms with Gasteiger partial charge in [0.1, 0.15) is 0 Å². The zero-order chi connectivity index (χ0) is 14.8. The van der Waals surface area contributed by atoms with Crippen LogP contribution >= 0.6 is 11.6 Å². The lowest BCUT2D eigenvalue weighted by Crippen LogP contribution is -2.23. The summed E-state index contributed by atoms with van der Waals surface area (Å²) in [4.78, 5) is 0.155. The molecular formula is C14H15ClN2O2S. The Bertz CT molecular complexity index is 730. The van der Waals surface area contributed by atoms with Crippen LogP contribution in [0.2, 0.25) is 5.02 Å². The van der Waals surface area contributed by atoms with Crippen molar-refractivity contribution in [2.45, 2.75) is 18.4 Å². The van der Waals surface area contributed by atoms with Crippen LogP contribution in [-0.4, -0.2) is 8.42 Å². The number of sulfonamides is 1. The molecule has 0 saturated carbocycles. The summed E-state index contributed by atoms with van der Waals surface area (Å²) >= 11 is 5.86. The van der Waals surface area contributed by atoms with E-state index in [9.17, 15) is 8.42 Å². The minimum Gasteiger partial charge on any atom is -0.398 e. The zero-order valence-electron chi connectivity index (χ0n) is 10.9. The molecule has 0 aliphatic rings.